The Balaban J connectivity index is 1.85. The summed E-state index contributed by atoms with van der Waals surface area (Å²) in [5.74, 6) is -2.67. The van der Waals surface area contributed by atoms with Crippen molar-refractivity contribution >= 4 is 23.3 Å². The maximum atomic E-state index is 13.3. The monoisotopic (exact) mass is 381 g/mol. The van der Waals surface area contributed by atoms with Crippen LogP contribution in [0, 0.1) is 23.2 Å². The fourth-order valence-corrected chi connectivity index (χ4v) is 4.73. The molecule has 7 nitrogen and oxygen atoms in total. The largest absolute Gasteiger partial charge is 0.463 e. The van der Waals surface area contributed by atoms with Gasteiger partial charge in [-0.25, -0.2) is 4.79 Å². The average Bonchev–Trinajstić information content (AvgIpc) is 3.30. The summed E-state index contributed by atoms with van der Waals surface area (Å²) in [6, 6.07) is 11.0. The van der Waals surface area contributed by atoms with Crippen LogP contribution in [0.5, 0.6) is 0 Å². The lowest BCUT2D eigenvalue weighted by atomic mass is 9.71. The molecule has 1 aliphatic carbocycles. The van der Waals surface area contributed by atoms with E-state index in [4.69, 9.17) is 14.2 Å². The molecule has 0 unspecified atom stereocenters. The SMILES string of the molecule is CCOC(=O)C1=C(c2ccccc2)C(=O)[C@@H]2[C@H]1[C@@H]1O[C@H]2C[C@]1(C#N)OC(C)=O. The third kappa shape index (κ3) is 2.49. The lowest BCUT2D eigenvalue weighted by Crippen LogP contribution is -2.50. The number of esters is 2. The minimum atomic E-state index is -1.51. The van der Waals surface area contributed by atoms with Gasteiger partial charge in [0.1, 0.15) is 12.2 Å². The first-order chi connectivity index (χ1) is 13.4. The van der Waals surface area contributed by atoms with Crippen LogP contribution in [0.2, 0.25) is 0 Å². The molecule has 5 atom stereocenters. The molecule has 1 aromatic carbocycles. The summed E-state index contributed by atoms with van der Waals surface area (Å²) in [5, 5.41) is 9.76. The van der Waals surface area contributed by atoms with Crippen LogP contribution in [0.4, 0.5) is 0 Å². The minimum absolute atomic E-state index is 0.110. The fourth-order valence-electron chi connectivity index (χ4n) is 4.73. The van der Waals surface area contributed by atoms with Gasteiger partial charge in [-0.15, -0.1) is 0 Å². The Hall–Kier alpha value is -2.98. The van der Waals surface area contributed by atoms with Gasteiger partial charge in [0, 0.05) is 24.8 Å². The smallest absolute Gasteiger partial charge is 0.335 e. The standard InChI is InChI=1S/C21H19NO6/c1-3-26-20(25)17-14(12-7-5-4-6-8-12)18(24)15-13-9-21(10-22,28-11(2)23)19(27-13)16(15)17/h4-8,13,15-16,19H,3,9H2,1-2H3/t13-,15-,16+,19-,21+/m0/s1. The first kappa shape index (κ1) is 18.4. The van der Waals surface area contributed by atoms with E-state index in [1.807, 2.05) is 6.07 Å². The normalized spacial score (nSPS) is 32.8. The number of carbonyl (C=O) groups excluding carboxylic acids is 3. The van der Waals surface area contributed by atoms with Crippen molar-refractivity contribution in [2.75, 3.05) is 6.61 Å². The molecule has 2 aliphatic heterocycles. The summed E-state index contributed by atoms with van der Waals surface area (Å²) in [4.78, 5) is 37.7. The number of carbonyl (C=O) groups is 3. The third-order valence-electron chi connectivity index (χ3n) is 5.62. The second-order valence-electron chi connectivity index (χ2n) is 7.19. The average molecular weight is 381 g/mol. The number of hydrogen-bond acceptors (Lipinski definition) is 7. The van der Waals surface area contributed by atoms with E-state index in [0.29, 0.717) is 11.1 Å². The first-order valence-corrected chi connectivity index (χ1v) is 9.20. The second-order valence-corrected chi connectivity index (χ2v) is 7.19. The quantitative estimate of drug-likeness (QED) is 0.733. The number of Topliss-reactive ketones (excluding diaryl/α,β-unsaturated/α-hetero) is 1. The van der Waals surface area contributed by atoms with Crippen LogP contribution in [-0.2, 0) is 28.6 Å². The molecule has 28 heavy (non-hydrogen) atoms. The summed E-state index contributed by atoms with van der Waals surface area (Å²) in [6.45, 7) is 3.06. The minimum Gasteiger partial charge on any atom is -0.463 e. The molecule has 2 heterocycles. The molecule has 0 spiro atoms. The van der Waals surface area contributed by atoms with Crippen LogP contribution < -0.4 is 0 Å². The maximum Gasteiger partial charge on any atom is 0.335 e. The Bertz CT molecular complexity index is 930. The highest BCUT2D eigenvalue weighted by Crippen LogP contribution is 2.58. The van der Waals surface area contributed by atoms with Gasteiger partial charge in [0.05, 0.1) is 24.2 Å². The van der Waals surface area contributed by atoms with Gasteiger partial charge in [-0.2, -0.15) is 5.26 Å². The highest BCUT2D eigenvalue weighted by atomic mass is 16.6. The zero-order valence-corrected chi connectivity index (χ0v) is 15.5. The molecule has 0 radical (unpaired) electrons. The molecule has 7 heteroatoms. The highest BCUT2D eigenvalue weighted by molar-refractivity contribution is 6.30. The lowest BCUT2D eigenvalue weighted by molar-refractivity contribution is -0.157. The Morgan fingerprint density at radius 2 is 2.00 bits per heavy atom. The Labute approximate surface area is 161 Å². The van der Waals surface area contributed by atoms with E-state index in [-0.39, 0.29) is 24.4 Å². The molecule has 0 N–H and O–H groups in total. The van der Waals surface area contributed by atoms with Crippen molar-refractivity contribution in [2.45, 2.75) is 38.1 Å². The van der Waals surface area contributed by atoms with Crippen molar-refractivity contribution in [1.82, 2.24) is 0 Å². The van der Waals surface area contributed by atoms with Gasteiger partial charge in [-0.1, -0.05) is 30.3 Å². The van der Waals surface area contributed by atoms with Gasteiger partial charge in [0.15, 0.2) is 5.78 Å². The van der Waals surface area contributed by atoms with E-state index in [1.54, 1.807) is 31.2 Å². The van der Waals surface area contributed by atoms with Crippen LogP contribution in [-0.4, -0.2) is 42.1 Å². The summed E-state index contributed by atoms with van der Waals surface area (Å²) in [7, 11) is 0. The number of nitrogens with zero attached hydrogens (tertiary/aromatic N) is 1. The Morgan fingerprint density at radius 3 is 2.61 bits per heavy atom. The molecule has 2 bridgehead atoms. The Kier molecular flexibility index (Phi) is 4.31. The zero-order valence-electron chi connectivity index (χ0n) is 15.5. The Morgan fingerprint density at radius 1 is 1.29 bits per heavy atom. The summed E-state index contributed by atoms with van der Waals surface area (Å²) in [5.41, 5.74) is -0.368. The van der Waals surface area contributed by atoms with E-state index >= 15 is 0 Å². The molecule has 144 valence electrons. The van der Waals surface area contributed by atoms with E-state index in [9.17, 15) is 19.6 Å². The van der Waals surface area contributed by atoms with E-state index in [1.165, 1.54) is 6.92 Å². The van der Waals surface area contributed by atoms with E-state index in [0.717, 1.165) is 0 Å². The number of benzene rings is 1. The van der Waals surface area contributed by atoms with Crippen LogP contribution in [0.3, 0.4) is 0 Å². The molecule has 0 aromatic heterocycles. The number of fused-ring (bicyclic) bond motifs is 5. The first-order valence-electron chi connectivity index (χ1n) is 9.20. The second kappa shape index (κ2) is 6.57. The van der Waals surface area contributed by atoms with Gasteiger partial charge in [0.2, 0.25) is 5.60 Å². The number of hydrogen-bond donors (Lipinski definition) is 0. The van der Waals surface area contributed by atoms with E-state index in [2.05, 4.69) is 6.07 Å². The number of ether oxygens (including phenoxy) is 3. The maximum absolute atomic E-state index is 13.3. The molecule has 4 rings (SSSR count). The highest BCUT2D eigenvalue weighted by Gasteiger charge is 2.70. The van der Waals surface area contributed by atoms with Gasteiger partial charge in [-0.05, 0) is 12.5 Å². The summed E-state index contributed by atoms with van der Waals surface area (Å²) < 4.78 is 16.5. The molecular formula is C21H19NO6. The molecule has 2 fully saturated rings. The molecular weight excluding hydrogens is 362 g/mol. The lowest BCUT2D eigenvalue weighted by Gasteiger charge is -2.34. The molecule has 1 aromatic rings. The number of allylic oxidation sites excluding steroid dienone is 1. The number of rotatable bonds is 4. The van der Waals surface area contributed by atoms with Crippen LogP contribution in [0.1, 0.15) is 25.8 Å². The number of ketones is 1. The molecule has 0 amide bonds. The van der Waals surface area contributed by atoms with Crippen LogP contribution in [0.15, 0.2) is 35.9 Å². The van der Waals surface area contributed by atoms with Crippen LogP contribution >= 0.6 is 0 Å². The zero-order chi connectivity index (χ0) is 20.1. The molecule has 3 aliphatic rings. The van der Waals surface area contributed by atoms with Gasteiger partial charge >= 0.3 is 11.9 Å². The third-order valence-corrected chi connectivity index (χ3v) is 5.62. The summed E-state index contributed by atoms with van der Waals surface area (Å²) in [6.07, 6.45) is -1.37. The molecule has 2 saturated heterocycles. The van der Waals surface area contributed by atoms with E-state index < -0.39 is 41.6 Å². The van der Waals surface area contributed by atoms with Crippen LogP contribution in [0.25, 0.3) is 5.57 Å². The topological polar surface area (TPSA) is 103 Å². The van der Waals surface area contributed by atoms with Gasteiger partial charge < -0.3 is 14.2 Å². The van der Waals surface area contributed by atoms with Crippen molar-refractivity contribution in [3.05, 3.63) is 41.5 Å². The molecule has 0 saturated carbocycles. The summed E-state index contributed by atoms with van der Waals surface area (Å²) >= 11 is 0. The van der Waals surface area contributed by atoms with Crippen molar-refractivity contribution < 1.29 is 28.6 Å². The van der Waals surface area contributed by atoms with Crippen molar-refractivity contribution in [3.63, 3.8) is 0 Å². The predicted octanol–water partition coefficient (Wildman–Crippen LogP) is 1.81. The van der Waals surface area contributed by atoms with Crippen molar-refractivity contribution in [2.24, 2.45) is 11.8 Å². The van der Waals surface area contributed by atoms with Crippen molar-refractivity contribution in [3.8, 4) is 6.07 Å². The predicted molar refractivity (Wildman–Crippen MR) is 95.4 cm³/mol. The number of nitriles is 1. The van der Waals surface area contributed by atoms with Crippen molar-refractivity contribution in [1.29, 1.82) is 5.26 Å². The fraction of sp³-hybridized carbons (Fsp3) is 0.429. The van der Waals surface area contributed by atoms with Gasteiger partial charge in [-0.3, -0.25) is 9.59 Å². The van der Waals surface area contributed by atoms with Gasteiger partial charge in [0.25, 0.3) is 0 Å².